The number of carbonyl (C=O) groups excluding carboxylic acids is 2. The Hall–Kier alpha value is -1.88. The summed E-state index contributed by atoms with van der Waals surface area (Å²) in [6, 6.07) is 8.00. The molecule has 1 unspecified atom stereocenters. The van der Waals surface area contributed by atoms with Crippen molar-refractivity contribution in [3.63, 3.8) is 0 Å². The Morgan fingerprint density at radius 3 is 2.18 bits per heavy atom. The summed E-state index contributed by atoms with van der Waals surface area (Å²) >= 11 is 0. The van der Waals surface area contributed by atoms with Crippen LogP contribution in [0.25, 0.3) is 0 Å². The molecule has 122 valence electrons. The SMILES string of the molecule is CC.CC(=O)NC(=O)C(C)c1ccc(N2CCNCC2)cc1. The zero-order valence-corrected chi connectivity index (χ0v) is 14.0. The molecule has 1 aliphatic heterocycles. The van der Waals surface area contributed by atoms with E-state index in [0.717, 1.165) is 31.7 Å². The van der Waals surface area contributed by atoms with E-state index in [0.29, 0.717) is 0 Å². The van der Waals surface area contributed by atoms with Gasteiger partial charge < -0.3 is 10.2 Å². The molecule has 2 rings (SSSR count). The topological polar surface area (TPSA) is 61.4 Å². The van der Waals surface area contributed by atoms with Crippen LogP contribution in [0.2, 0.25) is 0 Å². The van der Waals surface area contributed by atoms with Crippen molar-refractivity contribution in [1.82, 2.24) is 10.6 Å². The number of carbonyl (C=O) groups is 2. The van der Waals surface area contributed by atoms with Gasteiger partial charge in [-0.3, -0.25) is 14.9 Å². The maximum absolute atomic E-state index is 11.8. The van der Waals surface area contributed by atoms with Gasteiger partial charge in [0.2, 0.25) is 11.8 Å². The quantitative estimate of drug-likeness (QED) is 0.895. The van der Waals surface area contributed by atoms with E-state index in [9.17, 15) is 9.59 Å². The van der Waals surface area contributed by atoms with Crippen LogP contribution in [0.4, 0.5) is 5.69 Å². The Morgan fingerprint density at radius 1 is 1.14 bits per heavy atom. The molecule has 1 heterocycles. The fourth-order valence-corrected chi connectivity index (χ4v) is 2.33. The molecule has 1 atom stereocenters. The van der Waals surface area contributed by atoms with Gasteiger partial charge in [-0.25, -0.2) is 0 Å². The second-order valence-corrected chi connectivity index (χ2v) is 5.10. The van der Waals surface area contributed by atoms with Crippen LogP contribution in [0.5, 0.6) is 0 Å². The minimum Gasteiger partial charge on any atom is -0.369 e. The van der Waals surface area contributed by atoms with E-state index in [1.165, 1.54) is 12.6 Å². The molecule has 2 amide bonds. The predicted octanol–water partition coefficient (Wildman–Crippen LogP) is 1.89. The molecule has 0 aromatic heterocycles. The summed E-state index contributed by atoms with van der Waals surface area (Å²) < 4.78 is 0. The van der Waals surface area contributed by atoms with Crippen molar-refractivity contribution in [2.45, 2.75) is 33.6 Å². The fourth-order valence-electron chi connectivity index (χ4n) is 2.33. The normalized spacial score (nSPS) is 15.4. The van der Waals surface area contributed by atoms with Crippen molar-refractivity contribution < 1.29 is 9.59 Å². The zero-order chi connectivity index (χ0) is 16.5. The van der Waals surface area contributed by atoms with Crippen molar-refractivity contribution in [2.24, 2.45) is 0 Å². The number of amides is 2. The highest BCUT2D eigenvalue weighted by Crippen LogP contribution is 2.21. The average molecular weight is 305 g/mol. The largest absolute Gasteiger partial charge is 0.369 e. The Bertz CT molecular complexity index is 479. The standard InChI is InChI=1S/C15H21N3O2.C2H6/c1-11(15(20)17-12(2)19)13-3-5-14(6-4-13)18-9-7-16-8-10-18;1-2/h3-6,11,16H,7-10H2,1-2H3,(H,17,19,20);1-2H3. The van der Waals surface area contributed by atoms with Gasteiger partial charge in [0.15, 0.2) is 0 Å². The van der Waals surface area contributed by atoms with Crippen LogP contribution in [0, 0.1) is 0 Å². The van der Waals surface area contributed by atoms with Gasteiger partial charge in [-0.1, -0.05) is 26.0 Å². The highest BCUT2D eigenvalue weighted by atomic mass is 16.2. The van der Waals surface area contributed by atoms with Crippen molar-refractivity contribution >= 4 is 17.5 Å². The number of piperazine rings is 1. The van der Waals surface area contributed by atoms with Gasteiger partial charge in [0.1, 0.15) is 0 Å². The number of rotatable bonds is 3. The monoisotopic (exact) mass is 305 g/mol. The third-order valence-corrected chi connectivity index (χ3v) is 3.57. The highest BCUT2D eigenvalue weighted by molar-refractivity contribution is 5.97. The number of anilines is 1. The molecule has 5 nitrogen and oxygen atoms in total. The lowest BCUT2D eigenvalue weighted by Gasteiger charge is -2.29. The van der Waals surface area contributed by atoms with E-state index >= 15 is 0 Å². The molecule has 1 fully saturated rings. The molecule has 0 radical (unpaired) electrons. The first-order valence-electron chi connectivity index (χ1n) is 7.95. The van der Waals surface area contributed by atoms with E-state index in [4.69, 9.17) is 0 Å². The van der Waals surface area contributed by atoms with Crippen LogP contribution in [0.15, 0.2) is 24.3 Å². The molecule has 2 N–H and O–H groups in total. The number of imide groups is 1. The van der Waals surface area contributed by atoms with E-state index in [1.54, 1.807) is 6.92 Å². The molecular formula is C17H27N3O2. The molecule has 0 spiro atoms. The minimum absolute atomic E-state index is 0.257. The van der Waals surface area contributed by atoms with Crippen molar-refractivity contribution in [3.8, 4) is 0 Å². The van der Waals surface area contributed by atoms with Gasteiger partial charge >= 0.3 is 0 Å². The summed E-state index contributed by atoms with van der Waals surface area (Å²) in [6.07, 6.45) is 0. The Morgan fingerprint density at radius 2 is 1.68 bits per heavy atom. The fraction of sp³-hybridized carbons (Fsp3) is 0.529. The first kappa shape index (κ1) is 18.2. The lowest BCUT2D eigenvalue weighted by molar-refractivity contribution is -0.129. The molecule has 1 saturated heterocycles. The molecule has 1 aromatic carbocycles. The number of hydrogen-bond donors (Lipinski definition) is 2. The molecule has 0 aliphatic carbocycles. The summed E-state index contributed by atoms with van der Waals surface area (Å²) in [5, 5.41) is 5.64. The van der Waals surface area contributed by atoms with Crippen molar-refractivity contribution in [1.29, 1.82) is 0 Å². The molecule has 0 saturated carbocycles. The average Bonchev–Trinajstić information content (AvgIpc) is 2.56. The second kappa shape index (κ2) is 9.20. The summed E-state index contributed by atoms with van der Waals surface area (Å²) in [7, 11) is 0. The van der Waals surface area contributed by atoms with E-state index in [1.807, 2.05) is 38.1 Å². The Kier molecular flexibility index (Phi) is 7.60. The molecule has 5 heteroatoms. The van der Waals surface area contributed by atoms with E-state index < -0.39 is 0 Å². The molecule has 22 heavy (non-hydrogen) atoms. The maximum atomic E-state index is 11.8. The third kappa shape index (κ3) is 5.15. The maximum Gasteiger partial charge on any atom is 0.233 e. The van der Waals surface area contributed by atoms with Crippen LogP contribution < -0.4 is 15.5 Å². The van der Waals surface area contributed by atoms with Gasteiger partial charge in [-0.15, -0.1) is 0 Å². The van der Waals surface area contributed by atoms with E-state index in [2.05, 4.69) is 15.5 Å². The highest BCUT2D eigenvalue weighted by Gasteiger charge is 2.17. The van der Waals surface area contributed by atoms with E-state index in [-0.39, 0.29) is 17.7 Å². The lowest BCUT2D eigenvalue weighted by atomic mass is 10.00. The van der Waals surface area contributed by atoms with Crippen molar-refractivity contribution in [2.75, 3.05) is 31.1 Å². The van der Waals surface area contributed by atoms with Gasteiger partial charge in [0, 0.05) is 38.8 Å². The second-order valence-electron chi connectivity index (χ2n) is 5.10. The number of hydrogen-bond acceptors (Lipinski definition) is 4. The van der Waals surface area contributed by atoms with Crippen LogP contribution in [0.1, 0.15) is 39.2 Å². The van der Waals surface area contributed by atoms with Gasteiger partial charge in [0.25, 0.3) is 0 Å². The molecule has 1 aliphatic rings. The molecule has 0 bridgehead atoms. The number of benzene rings is 1. The van der Waals surface area contributed by atoms with Gasteiger partial charge in [-0.05, 0) is 24.6 Å². The number of nitrogens with one attached hydrogen (secondary N) is 2. The third-order valence-electron chi connectivity index (χ3n) is 3.57. The van der Waals surface area contributed by atoms with Crippen LogP contribution >= 0.6 is 0 Å². The van der Waals surface area contributed by atoms with Crippen LogP contribution in [-0.2, 0) is 9.59 Å². The zero-order valence-electron chi connectivity index (χ0n) is 14.0. The van der Waals surface area contributed by atoms with Crippen LogP contribution in [-0.4, -0.2) is 38.0 Å². The first-order valence-corrected chi connectivity index (χ1v) is 7.95. The minimum atomic E-state index is -0.323. The predicted molar refractivity (Wildman–Crippen MR) is 90.1 cm³/mol. The van der Waals surface area contributed by atoms with Gasteiger partial charge in [0.05, 0.1) is 5.92 Å². The summed E-state index contributed by atoms with van der Waals surface area (Å²) in [5.74, 6) is -0.900. The summed E-state index contributed by atoms with van der Waals surface area (Å²) in [5.41, 5.74) is 2.09. The smallest absolute Gasteiger partial charge is 0.233 e. The lowest BCUT2D eigenvalue weighted by Crippen LogP contribution is -2.43. The summed E-state index contributed by atoms with van der Waals surface area (Å²) in [4.78, 5) is 25.0. The Balaban J connectivity index is 0.00000116. The van der Waals surface area contributed by atoms with Crippen LogP contribution in [0.3, 0.4) is 0 Å². The van der Waals surface area contributed by atoms with Crippen molar-refractivity contribution in [3.05, 3.63) is 29.8 Å². The Labute approximate surface area is 133 Å². The first-order chi connectivity index (χ1) is 10.6. The molecule has 1 aromatic rings. The number of nitrogens with zero attached hydrogens (tertiary/aromatic N) is 1. The summed E-state index contributed by atoms with van der Waals surface area (Å²) in [6.45, 7) is 11.1. The molecular weight excluding hydrogens is 278 g/mol. The van der Waals surface area contributed by atoms with Gasteiger partial charge in [-0.2, -0.15) is 0 Å².